The lowest BCUT2D eigenvalue weighted by atomic mass is 9.95. The number of carbonyl (C=O) groups is 1. The molecule has 0 aliphatic carbocycles. The van der Waals surface area contributed by atoms with E-state index in [-0.39, 0.29) is 5.91 Å². The van der Waals surface area contributed by atoms with Crippen LogP contribution in [-0.4, -0.2) is 28.9 Å². The van der Waals surface area contributed by atoms with Crippen molar-refractivity contribution in [2.75, 3.05) is 13.1 Å². The summed E-state index contributed by atoms with van der Waals surface area (Å²) in [5.74, 6) is 0.793. The molecule has 1 aromatic carbocycles. The van der Waals surface area contributed by atoms with E-state index in [2.05, 4.69) is 11.9 Å². The van der Waals surface area contributed by atoms with E-state index in [1.54, 1.807) is 0 Å². The van der Waals surface area contributed by atoms with Gasteiger partial charge in [0.1, 0.15) is 5.69 Å². The van der Waals surface area contributed by atoms with Gasteiger partial charge in [0.25, 0.3) is 5.91 Å². The number of benzene rings is 1. The van der Waals surface area contributed by atoms with Crippen molar-refractivity contribution >= 4 is 5.91 Å². The van der Waals surface area contributed by atoms with Crippen LogP contribution >= 0.6 is 0 Å². The summed E-state index contributed by atoms with van der Waals surface area (Å²) in [5.41, 5.74) is 2.82. The molecule has 1 amide bonds. The zero-order valence-electron chi connectivity index (χ0n) is 12.5. The molecule has 3 heteroatoms. The van der Waals surface area contributed by atoms with Gasteiger partial charge in [-0.2, -0.15) is 0 Å². The largest absolute Gasteiger partial charge is 0.351 e. The van der Waals surface area contributed by atoms with Crippen molar-refractivity contribution in [2.45, 2.75) is 26.2 Å². The summed E-state index contributed by atoms with van der Waals surface area (Å²) >= 11 is 0. The lowest BCUT2D eigenvalue weighted by Crippen LogP contribution is -2.39. The minimum absolute atomic E-state index is 0.135. The Kier molecular flexibility index (Phi) is 4.09. The van der Waals surface area contributed by atoms with Gasteiger partial charge in [-0.15, -0.1) is 0 Å². The maximum absolute atomic E-state index is 12.6. The number of nitrogens with zero attached hydrogens (tertiary/aromatic N) is 1. The number of carbonyl (C=O) groups excluding carboxylic acids is 1. The summed E-state index contributed by atoms with van der Waals surface area (Å²) in [7, 11) is 0. The summed E-state index contributed by atoms with van der Waals surface area (Å²) in [6.45, 7) is 3.99. The molecule has 2 heterocycles. The van der Waals surface area contributed by atoms with Crippen LogP contribution < -0.4 is 0 Å². The van der Waals surface area contributed by atoms with Crippen molar-refractivity contribution in [2.24, 2.45) is 5.92 Å². The number of likely N-dealkylation sites (tertiary alicyclic amines) is 1. The van der Waals surface area contributed by atoms with Crippen molar-refractivity contribution < 1.29 is 4.79 Å². The van der Waals surface area contributed by atoms with Crippen LogP contribution in [0.4, 0.5) is 0 Å². The Labute approximate surface area is 126 Å². The standard InChI is InChI=1S/C18H22N2O/c1-2-14-7-6-12-20(13-14)18(21)17-11-10-16(19-17)15-8-4-3-5-9-15/h3-5,8-11,14,19H,2,6-7,12-13H2,1H3. The van der Waals surface area contributed by atoms with Crippen molar-refractivity contribution in [1.29, 1.82) is 0 Å². The number of nitrogens with one attached hydrogen (secondary N) is 1. The Bertz CT molecular complexity index is 603. The Morgan fingerprint density at radius 3 is 2.81 bits per heavy atom. The average Bonchev–Trinajstić information content (AvgIpc) is 3.05. The number of H-pyrrole nitrogens is 1. The van der Waals surface area contributed by atoms with E-state index in [9.17, 15) is 4.79 Å². The minimum atomic E-state index is 0.135. The molecule has 110 valence electrons. The summed E-state index contributed by atoms with van der Waals surface area (Å²) in [4.78, 5) is 17.9. The Balaban J connectivity index is 1.75. The highest BCUT2D eigenvalue weighted by molar-refractivity contribution is 5.93. The molecule has 21 heavy (non-hydrogen) atoms. The molecule has 3 nitrogen and oxygen atoms in total. The summed E-state index contributed by atoms with van der Waals surface area (Å²) in [5, 5.41) is 0. The van der Waals surface area contributed by atoms with Gasteiger partial charge in [0.05, 0.1) is 0 Å². The van der Waals surface area contributed by atoms with Crippen LogP contribution in [0.3, 0.4) is 0 Å². The molecule has 1 aliphatic heterocycles. The van der Waals surface area contributed by atoms with Crippen molar-refractivity contribution in [3.63, 3.8) is 0 Å². The number of hydrogen-bond donors (Lipinski definition) is 1. The van der Waals surface area contributed by atoms with Crippen LogP contribution in [0.2, 0.25) is 0 Å². The van der Waals surface area contributed by atoms with Gasteiger partial charge in [-0.1, -0.05) is 43.7 Å². The predicted octanol–water partition coefficient (Wildman–Crippen LogP) is 3.94. The van der Waals surface area contributed by atoms with E-state index < -0.39 is 0 Å². The van der Waals surface area contributed by atoms with E-state index in [0.717, 1.165) is 37.2 Å². The summed E-state index contributed by atoms with van der Waals surface area (Å²) in [6.07, 6.45) is 3.53. The second-order valence-electron chi connectivity index (χ2n) is 5.82. The van der Waals surface area contributed by atoms with Crippen LogP contribution in [0.15, 0.2) is 42.5 Å². The SMILES string of the molecule is CCC1CCCN(C(=O)c2ccc(-c3ccccc3)[nH]2)C1. The number of aromatic nitrogens is 1. The number of aromatic amines is 1. The molecule has 0 spiro atoms. The Morgan fingerprint density at radius 2 is 2.05 bits per heavy atom. The maximum Gasteiger partial charge on any atom is 0.270 e. The zero-order valence-corrected chi connectivity index (χ0v) is 12.5. The highest BCUT2D eigenvalue weighted by atomic mass is 16.2. The van der Waals surface area contributed by atoms with Crippen molar-refractivity contribution in [3.05, 3.63) is 48.2 Å². The van der Waals surface area contributed by atoms with Gasteiger partial charge in [0.2, 0.25) is 0 Å². The lowest BCUT2D eigenvalue weighted by Gasteiger charge is -2.32. The van der Waals surface area contributed by atoms with E-state index >= 15 is 0 Å². The molecule has 2 aromatic rings. The van der Waals surface area contributed by atoms with Gasteiger partial charge in [0, 0.05) is 18.8 Å². The molecule has 1 fully saturated rings. The van der Waals surface area contributed by atoms with Crippen LogP contribution in [0.5, 0.6) is 0 Å². The van der Waals surface area contributed by atoms with Gasteiger partial charge in [-0.25, -0.2) is 0 Å². The van der Waals surface area contributed by atoms with Gasteiger partial charge in [0.15, 0.2) is 0 Å². The minimum Gasteiger partial charge on any atom is -0.351 e. The normalized spacial score (nSPS) is 18.7. The molecular formula is C18H22N2O. The highest BCUT2D eigenvalue weighted by Gasteiger charge is 2.24. The monoisotopic (exact) mass is 282 g/mol. The molecule has 1 atom stereocenters. The van der Waals surface area contributed by atoms with Gasteiger partial charge < -0.3 is 9.88 Å². The molecule has 3 rings (SSSR count). The Hall–Kier alpha value is -2.03. The third kappa shape index (κ3) is 3.02. The number of amides is 1. The van der Waals surface area contributed by atoms with Crippen LogP contribution in [-0.2, 0) is 0 Å². The first-order chi connectivity index (χ1) is 10.3. The fourth-order valence-corrected chi connectivity index (χ4v) is 3.06. The fourth-order valence-electron chi connectivity index (χ4n) is 3.06. The lowest BCUT2D eigenvalue weighted by molar-refractivity contribution is 0.0666. The van der Waals surface area contributed by atoms with E-state index in [0.29, 0.717) is 11.6 Å². The summed E-state index contributed by atoms with van der Waals surface area (Å²) < 4.78 is 0. The predicted molar refractivity (Wildman–Crippen MR) is 85.1 cm³/mol. The summed E-state index contributed by atoms with van der Waals surface area (Å²) in [6, 6.07) is 14.0. The Morgan fingerprint density at radius 1 is 1.24 bits per heavy atom. The van der Waals surface area contributed by atoms with Crippen molar-refractivity contribution in [1.82, 2.24) is 9.88 Å². The topological polar surface area (TPSA) is 36.1 Å². The van der Waals surface area contributed by atoms with Gasteiger partial charge in [-0.05, 0) is 36.5 Å². The maximum atomic E-state index is 12.6. The number of rotatable bonds is 3. The quantitative estimate of drug-likeness (QED) is 0.909. The highest BCUT2D eigenvalue weighted by Crippen LogP contribution is 2.22. The third-order valence-corrected chi connectivity index (χ3v) is 4.38. The van der Waals surface area contributed by atoms with E-state index in [4.69, 9.17) is 0 Å². The molecule has 0 bridgehead atoms. The second kappa shape index (κ2) is 6.17. The molecule has 0 radical (unpaired) electrons. The molecule has 1 aliphatic rings. The van der Waals surface area contributed by atoms with Crippen LogP contribution in [0, 0.1) is 5.92 Å². The molecular weight excluding hydrogens is 260 g/mol. The van der Waals surface area contributed by atoms with E-state index in [1.165, 1.54) is 6.42 Å². The molecule has 1 unspecified atom stereocenters. The molecule has 1 saturated heterocycles. The number of hydrogen-bond acceptors (Lipinski definition) is 1. The average molecular weight is 282 g/mol. The van der Waals surface area contributed by atoms with Crippen LogP contribution in [0.25, 0.3) is 11.3 Å². The second-order valence-corrected chi connectivity index (χ2v) is 5.82. The first kappa shape index (κ1) is 13.9. The zero-order chi connectivity index (χ0) is 14.7. The molecule has 1 aromatic heterocycles. The van der Waals surface area contributed by atoms with Gasteiger partial charge >= 0.3 is 0 Å². The van der Waals surface area contributed by atoms with E-state index in [1.807, 2.05) is 47.4 Å². The first-order valence-electron chi connectivity index (χ1n) is 7.81. The van der Waals surface area contributed by atoms with Crippen molar-refractivity contribution in [3.8, 4) is 11.3 Å². The number of piperidine rings is 1. The molecule has 1 N–H and O–H groups in total. The van der Waals surface area contributed by atoms with Gasteiger partial charge in [-0.3, -0.25) is 4.79 Å². The fraction of sp³-hybridized carbons (Fsp3) is 0.389. The molecule has 0 saturated carbocycles. The first-order valence-corrected chi connectivity index (χ1v) is 7.81. The van der Waals surface area contributed by atoms with Crippen LogP contribution in [0.1, 0.15) is 36.7 Å². The third-order valence-electron chi connectivity index (χ3n) is 4.38. The smallest absolute Gasteiger partial charge is 0.270 e.